The third-order valence-electron chi connectivity index (χ3n) is 5.73. The van der Waals surface area contributed by atoms with Gasteiger partial charge < -0.3 is 43.4 Å². The topological polar surface area (TPSA) is 253 Å². The molecule has 0 amide bonds. The second-order valence-electron chi connectivity index (χ2n) is 12.1. The van der Waals surface area contributed by atoms with Crippen LogP contribution in [0.4, 0.5) is 0 Å². The molecular formula is C29H62N4O8. The summed E-state index contributed by atoms with van der Waals surface area (Å²) in [6.07, 6.45) is 4.19. The molecule has 0 aromatic rings. The van der Waals surface area contributed by atoms with Crippen molar-refractivity contribution in [2.45, 2.75) is 125 Å². The maximum atomic E-state index is 10.3. The summed E-state index contributed by atoms with van der Waals surface area (Å²) in [5, 5.41) is 33.4. The number of aliphatic carboxylic acids is 4. The van der Waals surface area contributed by atoms with Gasteiger partial charge in [0.1, 0.15) is 6.04 Å². The molecule has 0 radical (unpaired) electrons. The number of nitrogens with two attached hydrogens (primary N) is 4. The van der Waals surface area contributed by atoms with Gasteiger partial charge in [0.25, 0.3) is 0 Å². The van der Waals surface area contributed by atoms with E-state index in [-0.39, 0.29) is 37.3 Å². The SMILES string of the molecule is CC(C)C(N)CCC(=O)O.CC(C)CC(CN)CC(=O)O.CC(C)CC(N)CC(=O)O.CC(C)CCC(N)C(=O)O. The van der Waals surface area contributed by atoms with E-state index < -0.39 is 29.9 Å². The van der Waals surface area contributed by atoms with E-state index in [0.717, 1.165) is 19.3 Å². The predicted molar refractivity (Wildman–Crippen MR) is 163 cm³/mol. The van der Waals surface area contributed by atoms with Crippen LogP contribution in [0.5, 0.6) is 0 Å². The van der Waals surface area contributed by atoms with E-state index >= 15 is 0 Å². The van der Waals surface area contributed by atoms with Gasteiger partial charge in [-0.3, -0.25) is 19.2 Å². The smallest absolute Gasteiger partial charge is 0.320 e. The van der Waals surface area contributed by atoms with Gasteiger partial charge in [0.15, 0.2) is 0 Å². The fourth-order valence-corrected chi connectivity index (χ4v) is 3.35. The van der Waals surface area contributed by atoms with Gasteiger partial charge in [0.2, 0.25) is 0 Å². The molecule has 0 saturated carbocycles. The molecular weight excluding hydrogens is 532 g/mol. The molecule has 0 spiro atoms. The van der Waals surface area contributed by atoms with E-state index in [9.17, 15) is 19.2 Å². The fourth-order valence-electron chi connectivity index (χ4n) is 3.35. The van der Waals surface area contributed by atoms with Gasteiger partial charge in [-0.1, -0.05) is 55.4 Å². The van der Waals surface area contributed by atoms with Crippen molar-refractivity contribution >= 4 is 23.9 Å². The number of hydrogen-bond donors (Lipinski definition) is 8. The Labute approximate surface area is 247 Å². The first-order valence-corrected chi connectivity index (χ1v) is 14.5. The molecule has 0 fully saturated rings. The standard InChI is InChI=1S/C8H17NO2.3C7H15NO2/c1-6(2)3-7(5-9)4-8(10)11;1-5(2)3-6(8)4-7(9)10;1-5(2)6(8)3-4-7(9)10;1-5(2)3-4-6(8)7(9)10/h6-7H,3-5,9H2,1-2H3,(H,10,11);3*5-6H,3-4,8H2,1-2H3,(H,9,10). The minimum Gasteiger partial charge on any atom is -0.481 e. The number of carbonyl (C=O) groups is 4. The maximum absolute atomic E-state index is 10.3. The van der Waals surface area contributed by atoms with Gasteiger partial charge in [-0.25, -0.2) is 0 Å². The second kappa shape index (κ2) is 27.9. The molecule has 0 aliphatic carbocycles. The zero-order valence-electron chi connectivity index (χ0n) is 26.7. The Morgan fingerprint density at radius 2 is 1.07 bits per heavy atom. The van der Waals surface area contributed by atoms with E-state index in [2.05, 4.69) is 27.7 Å². The molecule has 0 heterocycles. The van der Waals surface area contributed by atoms with Gasteiger partial charge in [-0.15, -0.1) is 0 Å². The van der Waals surface area contributed by atoms with E-state index in [4.69, 9.17) is 43.4 Å². The molecule has 0 aliphatic rings. The molecule has 12 heteroatoms. The van der Waals surface area contributed by atoms with Crippen molar-refractivity contribution in [1.82, 2.24) is 0 Å². The highest BCUT2D eigenvalue weighted by molar-refractivity contribution is 5.72. The minimum absolute atomic E-state index is 0.0242. The zero-order valence-corrected chi connectivity index (χ0v) is 26.7. The van der Waals surface area contributed by atoms with Gasteiger partial charge in [-0.05, 0) is 68.2 Å². The Morgan fingerprint density at radius 1 is 0.610 bits per heavy atom. The van der Waals surface area contributed by atoms with E-state index in [0.29, 0.717) is 43.1 Å². The third kappa shape index (κ3) is 42.3. The summed E-state index contributed by atoms with van der Waals surface area (Å²) in [7, 11) is 0. The quantitative estimate of drug-likeness (QED) is 0.120. The van der Waals surface area contributed by atoms with Crippen LogP contribution in [-0.2, 0) is 19.2 Å². The van der Waals surface area contributed by atoms with Crippen molar-refractivity contribution in [1.29, 1.82) is 0 Å². The van der Waals surface area contributed by atoms with E-state index in [1.54, 1.807) is 0 Å². The molecule has 0 aromatic carbocycles. The molecule has 4 atom stereocenters. The largest absolute Gasteiger partial charge is 0.481 e. The highest BCUT2D eigenvalue weighted by atomic mass is 16.4. The summed E-state index contributed by atoms with van der Waals surface area (Å²) >= 11 is 0. The average molecular weight is 595 g/mol. The van der Waals surface area contributed by atoms with Gasteiger partial charge in [0.05, 0.1) is 6.42 Å². The molecule has 12 N–H and O–H groups in total. The van der Waals surface area contributed by atoms with Crippen LogP contribution >= 0.6 is 0 Å². The Hall–Kier alpha value is -2.28. The Bertz CT molecular complexity index is 688. The van der Waals surface area contributed by atoms with Gasteiger partial charge in [0, 0.05) is 24.9 Å². The second-order valence-corrected chi connectivity index (χ2v) is 12.1. The lowest BCUT2D eigenvalue weighted by atomic mass is 9.94. The normalized spacial score (nSPS) is 13.6. The number of rotatable bonds is 17. The molecule has 246 valence electrons. The van der Waals surface area contributed by atoms with Crippen molar-refractivity contribution < 1.29 is 39.6 Å². The molecule has 0 aromatic heterocycles. The Balaban J connectivity index is -0.000000223. The fraction of sp³-hybridized carbons (Fsp3) is 0.862. The van der Waals surface area contributed by atoms with Gasteiger partial charge >= 0.3 is 23.9 Å². The van der Waals surface area contributed by atoms with Crippen molar-refractivity contribution in [3.05, 3.63) is 0 Å². The number of carboxylic acids is 4. The number of carboxylic acid groups (broad SMARTS) is 4. The van der Waals surface area contributed by atoms with Crippen LogP contribution in [0.1, 0.15) is 107 Å². The highest BCUT2D eigenvalue weighted by Crippen LogP contribution is 2.13. The zero-order chi connectivity index (χ0) is 33.3. The molecule has 0 rings (SSSR count). The summed E-state index contributed by atoms with van der Waals surface area (Å²) in [4.78, 5) is 40.7. The van der Waals surface area contributed by atoms with Crippen LogP contribution in [0.25, 0.3) is 0 Å². The predicted octanol–water partition coefficient (Wildman–Crippen LogP) is 3.59. The summed E-state index contributed by atoms with van der Waals surface area (Å²) in [5.41, 5.74) is 21.8. The van der Waals surface area contributed by atoms with Crippen LogP contribution in [0.15, 0.2) is 0 Å². The first kappa shape index (κ1) is 45.7. The maximum Gasteiger partial charge on any atom is 0.320 e. The number of hydrogen-bond acceptors (Lipinski definition) is 8. The molecule has 0 bridgehead atoms. The Kier molecular flexibility index (Phi) is 31.1. The summed E-state index contributed by atoms with van der Waals surface area (Å²) in [5.74, 6) is -1.17. The summed E-state index contributed by atoms with van der Waals surface area (Å²) in [6, 6.07) is -0.837. The minimum atomic E-state index is -0.902. The van der Waals surface area contributed by atoms with Crippen LogP contribution in [0.2, 0.25) is 0 Å². The monoisotopic (exact) mass is 594 g/mol. The lowest BCUT2D eigenvalue weighted by Crippen LogP contribution is -2.30. The summed E-state index contributed by atoms with van der Waals surface area (Å²) in [6.45, 7) is 16.8. The first-order chi connectivity index (χ1) is 18.7. The average Bonchev–Trinajstić information content (AvgIpc) is 2.79. The van der Waals surface area contributed by atoms with Crippen molar-refractivity contribution in [3.63, 3.8) is 0 Å². The van der Waals surface area contributed by atoms with Crippen molar-refractivity contribution in [2.24, 2.45) is 52.5 Å². The molecule has 41 heavy (non-hydrogen) atoms. The van der Waals surface area contributed by atoms with Crippen LogP contribution in [0, 0.1) is 29.6 Å². The molecule has 0 aliphatic heterocycles. The first-order valence-electron chi connectivity index (χ1n) is 14.5. The van der Waals surface area contributed by atoms with Crippen molar-refractivity contribution in [3.8, 4) is 0 Å². The van der Waals surface area contributed by atoms with Crippen LogP contribution in [-0.4, -0.2) is 69.0 Å². The van der Waals surface area contributed by atoms with Crippen LogP contribution in [0.3, 0.4) is 0 Å². The van der Waals surface area contributed by atoms with Crippen molar-refractivity contribution in [2.75, 3.05) is 6.54 Å². The lowest BCUT2D eigenvalue weighted by molar-refractivity contribution is -0.139. The van der Waals surface area contributed by atoms with Gasteiger partial charge in [-0.2, -0.15) is 0 Å². The molecule has 12 nitrogen and oxygen atoms in total. The van der Waals surface area contributed by atoms with Crippen LogP contribution < -0.4 is 22.9 Å². The summed E-state index contributed by atoms with van der Waals surface area (Å²) < 4.78 is 0. The Morgan fingerprint density at radius 3 is 1.37 bits per heavy atom. The third-order valence-corrected chi connectivity index (χ3v) is 5.73. The highest BCUT2D eigenvalue weighted by Gasteiger charge is 2.13. The molecule has 0 saturated heterocycles. The van der Waals surface area contributed by atoms with E-state index in [1.165, 1.54) is 0 Å². The molecule has 4 unspecified atom stereocenters. The lowest BCUT2D eigenvalue weighted by Gasteiger charge is -2.13. The van der Waals surface area contributed by atoms with E-state index in [1.807, 2.05) is 27.7 Å².